The highest BCUT2D eigenvalue weighted by atomic mass is 79.9. The number of carbonyl (C=O) groups excluding carboxylic acids is 1. The molecule has 0 spiro atoms. The Balaban J connectivity index is 2.35. The molecule has 0 fully saturated rings. The molecule has 0 saturated carbocycles. The van der Waals surface area contributed by atoms with E-state index in [9.17, 15) is 9.59 Å². The van der Waals surface area contributed by atoms with Crippen molar-refractivity contribution in [3.05, 3.63) is 22.8 Å². The number of halogens is 1. The van der Waals surface area contributed by atoms with E-state index < -0.39 is 11.5 Å². The summed E-state index contributed by atoms with van der Waals surface area (Å²) < 4.78 is 6.32. The lowest BCUT2D eigenvalue weighted by molar-refractivity contribution is -0.137. The average Bonchev–Trinajstić information content (AvgIpc) is 2.42. The number of nitrogens with one attached hydrogen (secondary N) is 2. The monoisotopic (exact) mass is 373 g/mol. The number of ether oxygens (including phenoxy) is 1. The highest BCUT2D eigenvalue weighted by Gasteiger charge is 2.22. The lowest BCUT2D eigenvalue weighted by Crippen LogP contribution is -2.51. The fourth-order valence-corrected chi connectivity index (χ4v) is 1.92. The van der Waals surface area contributed by atoms with Crippen LogP contribution in [0.4, 0.5) is 4.79 Å². The number of hydrogen-bond acceptors (Lipinski definition) is 4. The van der Waals surface area contributed by atoms with E-state index in [-0.39, 0.29) is 19.1 Å². The molecule has 0 radical (unpaired) electrons. The van der Waals surface area contributed by atoms with Crippen molar-refractivity contribution < 1.29 is 19.4 Å². The van der Waals surface area contributed by atoms with Crippen LogP contribution >= 0.6 is 15.9 Å². The maximum Gasteiger partial charge on any atom is 0.315 e. The Bertz CT molecular complexity index is 523. The third kappa shape index (κ3) is 7.26. The maximum atomic E-state index is 11.7. The molecule has 0 saturated heterocycles. The Morgan fingerprint density at radius 1 is 1.45 bits per heavy atom. The van der Waals surface area contributed by atoms with Gasteiger partial charge in [0.1, 0.15) is 6.61 Å². The Hall–Kier alpha value is -1.83. The van der Waals surface area contributed by atoms with Gasteiger partial charge in [0, 0.05) is 19.2 Å². The first-order valence-corrected chi connectivity index (χ1v) is 7.60. The molecule has 0 bridgehead atoms. The number of carbonyl (C=O) groups is 2. The van der Waals surface area contributed by atoms with Crippen LogP contribution in [0.15, 0.2) is 22.8 Å². The largest absolute Gasteiger partial charge is 0.481 e. The zero-order valence-corrected chi connectivity index (χ0v) is 14.1. The molecule has 2 amide bonds. The first-order valence-electron chi connectivity index (χ1n) is 6.81. The lowest BCUT2D eigenvalue weighted by Gasteiger charge is -2.26. The smallest absolute Gasteiger partial charge is 0.315 e. The van der Waals surface area contributed by atoms with Gasteiger partial charge < -0.3 is 20.5 Å². The molecule has 0 unspecified atom stereocenters. The van der Waals surface area contributed by atoms with Gasteiger partial charge in [-0.05, 0) is 48.3 Å². The van der Waals surface area contributed by atoms with Crippen LogP contribution in [-0.2, 0) is 4.79 Å². The van der Waals surface area contributed by atoms with Crippen molar-refractivity contribution >= 4 is 27.9 Å². The number of urea groups is 1. The minimum Gasteiger partial charge on any atom is -0.481 e. The number of hydrogen-bond donors (Lipinski definition) is 3. The van der Waals surface area contributed by atoms with E-state index >= 15 is 0 Å². The second-order valence-corrected chi connectivity index (χ2v) is 6.20. The quantitative estimate of drug-likeness (QED) is 0.606. The molecule has 3 N–H and O–H groups in total. The molecule has 1 rings (SSSR count). The van der Waals surface area contributed by atoms with Crippen LogP contribution in [-0.4, -0.2) is 40.8 Å². The molecule has 22 heavy (non-hydrogen) atoms. The van der Waals surface area contributed by atoms with Gasteiger partial charge in [0.15, 0.2) is 0 Å². The Labute approximate surface area is 137 Å². The van der Waals surface area contributed by atoms with Gasteiger partial charge in [0.25, 0.3) is 0 Å². The van der Waals surface area contributed by atoms with Gasteiger partial charge in [-0.15, -0.1) is 0 Å². The van der Waals surface area contributed by atoms with Crippen LogP contribution in [0.3, 0.4) is 0 Å². The fraction of sp³-hybridized carbons (Fsp3) is 0.500. The van der Waals surface area contributed by atoms with Crippen molar-refractivity contribution in [3.8, 4) is 5.88 Å². The summed E-state index contributed by atoms with van der Waals surface area (Å²) in [4.78, 5) is 26.2. The zero-order chi connectivity index (χ0) is 16.6. The van der Waals surface area contributed by atoms with Crippen LogP contribution in [0.5, 0.6) is 5.88 Å². The Morgan fingerprint density at radius 2 is 2.18 bits per heavy atom. The van der Waals surface area contributed by atoms with Crippen LogP contribution in [0.1, 0.15) is 26.7 Å². The maximum absolute atomic E-state index is 11.7. The number of pyridine rings is 1. The molecule has 122 valence electrons. The molecule has 0 aromatic carbocycles. The van der Waals surface area contributed by atoms with Gasteiger partial charge >= 0.3 is 12.0 Å². The van der Waals surface area contributed by atoms with Gasteiger partial charge in [-0.25, -0.2) is 9.78 Å². The summed E-state index contributed by atoms with van der Waals surface area (Å²) in [7, 11) is 0. The summed E-state index contributed by atoms with van der Waals surface area (Å²) in [6.45, 7) is 4.19. The van der Waals surface area contributed by atoms with Crippen molar-refractivity contribution in [1.82, 2.24) is 15.6 Å². The number of carboxylic acids is 1. The van der Waals surface area contributed by atoms with Crippen molar-refractivity contribution in [1.29, 1.82) is 0 Å². The van der Waals surface area contributed by atoms with Crippen LogP contribution in [0.2, 0.25) is 0 Å². The predicted octanol–water partition coefficient (Wildman–Crippen LogP) is 2.17. The van der Waals surface area contributed by atoms with Gasteiger partial charge in [-0.3, -0.25) is 4.79 Å². The van der Waals surface area contributed by atoms with E-state index in [1.165, 1.54) is 0 Å². The second kappa shape index (κ2) is 8.57. The summed E-state index contributed by atoms with van der Waals surface area (Å²) >= 11 is 3.33. The average molecular weight is 374 g/mol. The number of aromatic nitrogens is 1. The normalized spacial score (nSPS) is 10.9. The molecule has 0 aliphatic rings. The molecule has 1 aromatic heterocycles. The summed E-state index contributed by atoms with van der Waals surface area (Å²) in [5.41, 5.74) is -0.603. The Morgan fingerprint density at radius 3 is 2.82 bits per heavy atom. The first-order chi connectivity index (χ1) is 10.3. The van der Waals surface area contributed by atoms with Crippen molar-refractivity contribution in [2.24, 2.45) is 0 Å². The summed E-state index contributed by atoms with van der Waals surface area (Å²) in [6.07, 6.45) is 2.04. The topological polar surface area (TPSA) is 101 Å². The summed E-state index contributed by atoms with van der Waals surface area (Å²) in [5, 5.41) is 13.9. The molecule has 1 aromatic rings. The number of amides is 2. The highest BCUT2D eigenvalue weighted by molar-refractivity contribution is 9.10. The first kappa shape index (κ1) is 18.2. The minimum atomic E-state index is -0.878. The van der Waals surface area contributed by atoms with E-state index in [4.69, 9.17) is 9.84 Å². The van der Waals surface area contributed by atoms with E-state index in [2.05, 4.69) is 31.5 Å². The molecule has 8 heteroatoms. The molecular formula is C14H20BrN3O4. The third-order valence-electron chi connectivity index (χ3n) is 2.60. The number of nitrogens with zero attached hydrogens (tertiary/aromatic N) is 1. The van der Waals surface area contributed by atoms with Gasteiger partial charge in [0.2, 0.25) is 5.88 Å². The number of rotatable bonds is 8. The van der Waals surface area contributed by atoms with Crippen molar-refractivity contribution in [2.45, 2.75) is 32.2 Å². The van der Waals surface area contributed by atoms with Crippen LogP contribution in [0.25, 0.3) is 0 Å². The second-order valence-electron chi connectivity index (χ2n) is 5.34. The predicted molar refractivity (Wildman–Crippen MR) is 84.9 cm³/mol. The van der Waals surface area contributed by atoms with Crippen molar-refractivity contribution in [3.63, 3.8) is 0 Å². The lowest BCUT2D eigenvalue weighted by atomic mass is 10.1. The van der Waals surface area contributed by atoms with E-state index in [1.807, 2.05) is 19.9 Å². The molecule has 0 aliphatic carbocycles. The molecule has 7 nitrogen and oxygen atoms in total. The van der Waals surface area contributed by atoms with Gasteiger partial charge in [-0.2, -0.15) is 0 Å². The fourth-order valence-electron chi connectivity index (χ4n) is 1.56. The number of carboxylic acid groups (broad SMARTS) is 1. The molecular weight excluding hydrogens is 354 g/mol. The minimum absolute atomic E-state index is 0.0283. The summed E-state index contributed by atoms with van der Waals surface area (Å²) in [5.74, 6) is -0.420. The SMILES string of the molecule is CC(C)(COc1ncccc1Br)NC(=O)NCCCC(=O)O. The Kier molecular flexibility index (Phi) is 7.10. The zero-order valence-electron chi connectivity index (χ0n) is 12.6. The molecule has 0 atom stereocenters. The van der Waals surface area contributed by atoms with Crippen LogP contribution in [0, 0.1) is 0 Å². The van der Waals surface area contributed by atoms with Crippen LogP contribution < -0.4 is 15.4 Å². The van der Waals surface area contributed by atoms with E-state index in [0.29, 0.717) is 18.8 Å². The summed E-state index contributed by atoms with van der Waals surface area (Å²) in [6, 6.07) is 3.24. The standard InChI is InChI=1S/C14H20BrN3O4/c1-14(2,9-22-12-10(15)5-3-7-16-12)18-13(21)17-8-4-6-11(19)20/h3,5,7H,4,6,8-9H2,1-2H3,(H,19,20)(H2,17,18,21). The van der Waals surface area contributed by atoms with E-state index in [1.54, 1.807) is 12.3 Å². The van der Waals surface area contributed by atoms with Crippen molar-refractivity contribution in [2.75, 3.05) is 13.2 Å². The van der Waals surface area contributed by atoms with Gasteiger partial charge in [-0.1, -0.05) is 0 Å². The molecule has 1 heterocycles. The van der Waals surface area contributed by atoms with Gasteiger partial charge in [0.05, 0.1) is 10.0 Å². The van der Waals surface area contributed by atoms with E-state index in [0.717, 1.165) is 4.47 Å². The molecule has 0 aliphatic heterocycles. The highest BCUT2D eigenvalue weighted by Crippen LogP contribution is 2.21. The third-order valence-corrected chi connectivity index (χ3v) is 3.20. The number of aliphatic carboxylic acids is 1.